The number of hydrogen-bond acceptors (Lipinski definition) is 3. The van der Waals surface area contributed by atoms with Crippen LogP contribution in [0.3, 0.4) is 0 Å². The quantitative estimate of drug-likeness (QED) is 0.796. The van der Waals surface area contributed by atoms with Crippen molar-refractivity contribution >= 4 is 11.8 Å². The Bertz CT molecular complexity index is 792. The van der Waals surface area contributed by atoms with Crippen molar-refractivity contribution in [2.75, 3.05) is 0 Å². The van der Waals surface area contributed by atoms with Crippen LogP contribution in [-0.4, -0.2) is 17.4 Å². The van der Waals surface area contributed by atoms with Gasteiger partial charge in [-0.15, -0.1) is 0 Å². The van der Waals surface area contributed by atoms with E-state index in [0.717, 1.165) is 11.8 Å². The highest BCUT2D eigenvalue weighted by molar-refractivity contribution is 5.80. The number of benzene rings is 1. The number of carbonyl (C=O) groups is 2. The molecule has 1 saturated heterocycles. The van der Waals surface area contributed by atoms with E-state index >= 15 is 0 Å². The van der Waals surface area contributed by atoms with Crippen molar-refractivity contribution in [2.24, 2.45) is 0 Å². The summed E-state index contributed by atoms with van der Waals surface area (Å²) >= 11 is 0. The average molecular weight is 362 g/mol. The third-order valence-electron chi connectivity index (χ3n) is 4.67. The van der Waals surface area contributed by atoms with Gasteiger partial charge in [0.15, 0.2) is 11.6 Å². The summed E-state index contributed by atoms with van der Waals surface area (Å²) in [6, 6.07) is 7.46. The first-order valence-corrected chi connectivity index (χ1v) is 8.50. The molecule has 2 heterocycles. The van der Waals surface area contributed by atoms with Crippen LogP contribution in [0, 0.1) is 11.6 Å². The molecule has 0 aliphatic carbocycles. The standard InChI is InChI=1S/C19H20F2N2O3/c20-15-5-1-3-13(18(15)21)12-22-16(24)6-8-19(9-7-17(25)23-19)11-14-4-2-10-26-14/h1-5,10H,6-9,11-12H2,(H,22,24)(H,23,25). The van der Waals surface area contributed by atoms with E-state index in [1.807, 2.05) is 6.07 Å². The summed E-state index contributed by atoms with van der Waals surface area (Å²) in [7, 11) is 0. The van der Waals surface area contributed by atoms with Gasteiger partial charge < -0.3 is 15.1 Å². The molecule has 0 bridgehead atoms. The van der Waals surface area contributed by atoms with Crippen molar-refractivity contribution in [1.29, 1.82) is 0 Å². The molecule has 0 spiro atoms. The number of furan rings is 1. The normalized spacial score (nSPS) is 19.4. The molecular weight excluding hydrogens is 342 g/mol. The smallest absolute Gasteiger partial charge is 0.220 e. The van der Waals surface area contributed by atoms with E-state index in [0.29, 0.717) is 25.7 Å². The largest absolute Gasteiger partial charge is 0.469 e. The maximum Gasteiger partial charge on any atom is 0.220 e. The van der Waals surface area contributed by atoms with Crippen LogP contribution in [0.1, 0.15) is 37.0 Å². The van der Waals surface area contributed by atoms with Gasteiger partial charge in [0, 0.05) is 36.9 Å². The summed E-state index contributed by atoms with van der Waals surface area (Å²) in [5, 5.41) is 5.56. The highest BCUT2D eigenvalue weighted by Crippen LogP contribution is 2.29. The van der Waals surface area contributed by atoms with E-state index in [1.54, 1.807) is 12.3 Å². The second-order valence-corrected chi connectivity index (χ2v) is 6.57. The molecular formula is C19H20F2N2O3. The van der Waals surface area contributed by atoms with Gasteiger partial charge in [-0.3, -0.25) is 9.59 Å². The highest BCUT2D eigenvalue weighted by atomic mass is 19.2. The molecule has 1 aliphatic rings. The zero-order chi connectivity index (χ0) is 18.6. The van der Waals surface area contributed by atoms with Crippen LogP contribution in [0.2, 0.25) is 0 Å². The van der Waals surface area contributed by atoms with Gasteiger partial charge in [-0.2, -0.15) is 0 Å². The topological polar surface area (TPSA) is 71.3 Å². The first-order valence-electron chi connectivity index (χ1n) is 8.50. The van der Waals surface area contributed by atoms with E-state index in [2.05, 4.69) is 10.6 Å². The lowest BCUT2D eigenvalue weighted by Crippen LogP contribution is -2.44. The number of hydrogen-bond donors (Lipinski definition) is 2. The van der Waals surface area contributed by atoms with E-state index < -0.39 is 17.2 Å². The third-order valence-corrected chi connectivity index (χ3v) is 4.67. The predicted octanol–water partition coefficient (Wildman–Crippen LogP) is 2.85. The van der Waals surface area contributed by atoms with Crippen molar-refractivity contribution < 1.29 is 22.8 Å². The number of rotatable bonds is 7. The molecule has 1 fully saturated rings. The van der Waals surface area contributed by atoms with Gasteiger partial charge in [0.2, 0.25) is 11.8 Å². The molecule has 5 nitrogen and oxygen atoms in total. The van der Waals surface area contributed by atoms with Crippen molar-refractivity contribution in [1.82, 2.24) is 10.6 Å². The lowest BCUT2D eigenvalue weighted by atomic mass is 9.87. The van der Waals surface area contributed by atoms with E-state index in [4.69, 9.17) is 4.42 Å². The van der Waals surface area contributed by atoms with Gasteiger partial charge in [-0.25, -0.2) is 8.78 Å². The minimum atomic E-state index is -0.954. The number of halogens is 2. The van der Waals surface area contributed by atoms with E-state index in [9.17, 15) is 18.4 Å². The molecule has 1 aliphatic heterocycles. The molecule has 2 aromatic rings. The maximum absolute atomic E-state index is 13.6. The third kappa shape index (κ3) is 4.28. The zero-order valence-corrected chi connectivity index (χ0v) is 14.2. The van der Waals surface area contributed by atoms with Crippen LogP contribution in [-0.2, 0) is 22.6 Å². The second-order valence-electron chi connectivity index (χ2n) is 6.57. The fourth-order valence-electron chi connectivity index (χ4n) is 3.25. The Morgan fingerprint density at radius 1 is 1.27 bits per heavy atom. The molecule has 3 rings (SSSR count). The molecule has 26 heavy (non-hydrogen) atoms. The molecule has 2 N–H and O–H groups in total. The Morgan fingerprint density at radius 3 is 2.81 bits per heavy atom. The Morgan fingerprint density at radius 2 is 2.12 bits per heavy atom. The SMILES string of the molecule is O=C(CCC1(Cc2ccco2)CCC(=O)N1)NCc1cccc(F)c1F. The van der Waals surface area contributed by atoms with Crippen molar-refractivity contribution in [3.63, 3.8) is 0 Å². The van der Waals surface area contributed by atoms with Crippen LogP contribution in [0.5, 0.6) is 0 Å². The fourth-order valence-corrected chi connectivity index (χ4v) is 3.25. The zero-order valence-electron chi connectivity index (χ0n) is 14.2. The fraction of sp³-hybridized carbons (Fsp3) is 0.368. The van der Waals surface area contributed by atoms with Gasteiger partial charge in [-0.1, -0.05) is 12.1 Å². The van der Waals surface area contributed by atoms with Crippen molar-refractivity contribution in [3.05, 3.63) is 59.6 Å². The highest BCUT2D eigenvalue weighted by Gasteiger charge is 2.38. The molecule has 1 atom stereocenters. The van der Waals surface area contributed by atoms with Gasteiger partial charge in [0.25, 0.3) is 0 Å². The van der Waals surface area contributed by atoms with Crippen LogP contribution in [0.4, 0.5) is 8.78 Å². The summed E-state index contributed by atoms with van der Waals surface area (Å²) in [4.78, 5) is 23.8. The predicted molar refractivity (Wildman–Crippen MR) is 90.0 cm³/mol. The Kier molecular flexibility index (Phi) is 5.35. The molecule has 1 unspecified atom stereocenters. The van der Waals surface area contributed by atoms with Crippen LogP contribution in [0.25, 0.3) is 0 Å². The molecule has 7 heteroatoms. The summed E-state index contributed by atoms with van der Waals surface area (Å²) in [6.45, 7) is -0.0834. The van der Waals surface area contributed by atoms with Gasteiger partial charge in [0.05, 0.1) is 6.26 Å². The Labute approximate surface area is 149 Å². The number of nitrogens with one attached hydrogen (secondary N) is 2. The first kappa shape index (κ1) is 18.1. The van der Waals surface area contributed by atoms with Crippen LogP contribution < -0.4 is 10.6 Å². The van der Waals surface area contributed by atoms with Crippen LogP contribution in [0.15, 0.2) is 41.0 Å². The lowest BCUT2D eigenvalue weighted by Gasteiger charge is -2.28. The average Bonchev–Trinajstić information content (AvgIpc) is 3.25. The van der Waals surface area contributed by atoms with Crippen LogP contribution >= 0.6 is 0 Å². The van der Waals surface area contributed by atoms with Crippen molar-refractivity contribution in [3.8, 4) is 0 Å². The number of amides is 2. The Balaban J connectivity index is 1.56. The summed E-state index contributed by atoms with van der Waals surface area (Å²) in [5.41, 5.74) is -0.422. The summed E-state index contributed by atoms with van der Waals surface area (Å²) < 4.78 is 32.2. The molecule has 1 aromatic heterocycles. The Hall–Kier alpha value is -2.70. The summed E-state index contributed by atoms with van der Waals surface area (Å²) in [6.07, 6.45) is 3.72. The van der Waals surface area contributed by atoms with E-state index in [-0.39, 0.29) is 30.3 Å². The van der Waals surface area contributed by atoms with Crippen molar-refractivity contribution in [2.45, 2.75) is 44.2 Å². The minimum absolute atomic E-state index is 0.0428. The summed E-state index contributed by atoms with van der Waals surface area (Å²) in [5.74, 6) is -1.48. The van der Waals surface area contributed by atoms with Gasteiger partial charge in [0.1, 0.15) is 5.76 Å². The first-order chi connectivity index (χ1) is 12.5. The monoisotopic (exact) mass is 362 g/mol. The van der Waals surface area contributed by atoms with Gasteiger partial charge in [-0.05, 0) is 31.0 Å². The van der Waals surface area contributed by atoms with Gasteiger partial charge >= 0.3 is 0 Å². The van der Waals surface area contributed by atoms with E-state index in [1.165, 1.54) is 12.1 Å². The molecule has 2 amide bonds. The molecule has 0 radical (unpaired) electrons. The molecule has 0 saturated carbocycles. The lowest BCUT2D eigenvalue weighted by molar-refractivity contribution is -0.123. The number of carbonyl (C=O) groups excluding carboxylic acids is 2. The molecule has 1 aromatic carbocycles. The second kappa shape index (κ2) is 7.68. The maximum atomic E-state index is 13.6. The molecule has 138 valence electrons. The minimum Gasteiger partial charge on any atom is -0.469 e.